The summed E-state index contributed by atoms with van der Waals surface area (Å²) in [5.41, 5.74) is 7.58. The Hall–Kier alpha value is -2.82. The fourth-order valence-corrected chi connectivity index (χ4v) is 3.84. The number of para-hydroxylation sites is 2. The second kappa shape index (κ2) is 9.99. The van der Waals surface area contributed by atoms with Crippen molar-refractivity contribution in [2.24, 2.45) is 5.73 Å². The van der Waals surface area contributed by atoms with Crippen LogP contribution in [0.15, 0.2) is 78.9 Å². The van der Waals surface area contributed by atoms with Gasteiger partial charge in [0.2, 0.25) is 0 Å². The number of hydrogen-bond acceptors (Lipinski definition) is 4. The third-order valence-corrected chi connectivity index (χ3v) is 5.16. The average molecular weight is 420 g/mol. The van der Waals surface area contributed by atoms with E-state index in [1.165, 1.54) is 0 Å². The van der Waals surface area contributed by atoms with Gasteiger partial charge in [0.15, 0.2) is 0 Å². The lowest BCUT2D eigenvalue weighted by molar-refractivity contribution is 0.0433. The van der Waals surface area contributed by atoms with Crippen molar-refractivity contribution in [1.82, 2.24) is 0 Å². The number of benzene rings is 3. The highest BCUT2D eigenvalue weighted by molar-refractivity contribution is 5.51. The molecule has 0 aliphatic carbocycles. The topological polar surface area (TPSA) is 64.7 Å². The van der Waals surface area contributed by atoms with Crippen molar-refractivity contribution in [2.75, 3.05) is 0 Å². The van der Waals surface area contributed by atoms with Gasteiger partial charge in [0.05, 0.1) is 12.2 Å². The predicted octanol–water partition coefficient (Wildman–Crippen LogP) is 5.07. The van der Waals surface area contributed by atoms with E-state index in [2.05, 4.69) is 0 Å². The molecule has 4 heteroatoms. The van der Waals surface area contributed by atoms with Crippen LogP contribution in [0.3, 0.4) is 0 Å². The molecule has 0 fully saturated rings. The van der Waals surface area contributed by atoms with Crippen LogP contribution in [0, 0.1) is 0 Å². The van der Waals surface area contributed by atoms with Gasteiger partial charge in [0.1, 0.15) is 17.1 Å². The van der Waals surface area contributed by atoms with Gasteiger partial charge in [0.25, 0.3) is 0 Å². The molecule has 0 saturated carbocycles. The number of hydrogen-bond donors (Lipinski definition) is 2. The Bertz CT molecular complexity index is 915. The van der Waals surface area contributed by atoms with Crippen molar-refractivity contribution in [1.29, 1.82) is 0 Å². The van der Waals surface area contributed by atoms with Crippen LogP contribution in [0.5, 0.6) is 11.5 Å². The average Bonchev–Trinajstić information content (AvgIpc) is 2.74. The van der Waals surface area contributed by atoms with Gasteiger partial charge in [0, 0.05) is 17.2 Å². The molecule has 0 aliphatic heterocycles. The van der Waals surface area contributed by atoms with Gasteiger partial charge in [-0.2, -0.15) is 0 Å². The summed E-state index contributed by atoms with van der Waals surface area (Å²) in [6.45, 7) is 7.87. The van der Waals surface area contributed by atoms with Gasteiger partial charge in [-0.3, -0.25) is 0 Å². The predicted molar refractivity (Wildman–Crippen MR) is 126 cm³/mol. The Morgan fingerprint density at radius 2 is 1.13 bits per heavy atom. The van der Waals surface area contributed by atoms with Gasteiger partial charge >= 0.3 is 0 Å². The third kappa shape index (κ3) is 5.27. The van der Waals surface area contributed by atoms with E-state index in [1.54, 1.807) is 0 Å². The number of nitrogens with two attached hydrogens (primary N) is 1. The lowest BCUT2D eigenvalue weighted by Gasteiger charge is -2.37. The Morgan fingerprint density at radius 3 is 1.58 bits per heavy atom. The van der Waals surface area contributed by atoms with E-state index < -0.39 is 11.6 Å². The molecule has 3 aromatic carbocycles. The van der Waals surface area contributed by atoms with Crippen LogP contribution in [0.2, 0.25) is 0 Å². The summed E-state index contributed by atoms with van der Waals surface area (Å²) in [5, 5.41) is 12.4. The van der Waals surface area contributed by atoms with E-state index in [4.69, 9.17) is 15.2 Å². The zero-order chi connectivity index (χ0) is 22.4. The molecule has 164 valence electrons. The molecule has 3 aromatic rings. The van der Waals surface area contributed by atoms with Gasteiger partial charge in [-0.15, -0.1) is 0 Å². The molecule has 4 nitrogen and oxygen atoms in total. The number of aliphatic hydroxyl groups is 1. The normalized spacial score (nSPS) is 12.8. The van der Waals surface area contributed by atoms with Crippen LogP contribution in [-0.2, 0) is 12.0 Å². The summed E-state index contributed by atoms with van der Waals surface area (Å²) in [6, 6.07) is 24.5. The van der Waals surface area contributed by atoms with Crippen molar-refractivity contribution in [2.45, 2.75) is 58.0 Å². The first kappa shape index (κ1) is 22.9. The highest BCUT2D eigenvalue weighted by Crippen LogP contribution is 2.43. The highest BCUT2D eigenvalue weighted by atomic mass is 16.5. The van der Waals surface area contributed by atoms with Crippen LogP contribution in [0.4, 0.5) is 0 Å². The molecule has 1 atom stereocenters. The van der Waals surface area contributed by atoms with Gasteiger partial charge in [-0.25, -0.2) is 0 Å². The van der Waals surface area contributed by atoms with E-state index in [9.17, 15) is 5.11 Å². The van der Waals surface area contributed by atoms with Gasteiger partial charge in [-0.05, 0) is 51.8 Å². The van der Waals surface area contributed by atoms with Crippen molar-refractivity contribution in [3.63, 3.8) is 0 Å². The molecule has 0 radical (unpaired) electrons. The van der Waals surface area contributed by atoms with E-state index in [-0.39, 0.29) is 12.2 Å². The molecule has 0 saturated heterocycles. The van der Waals surface area contributed by atoms with E-state index in [0.29, 0.717) is 29.0 Å². The first-order chi connectivity index (χ1) is 14.8. The fraction of sp³-hybridized carbons (Fsp3) is 0.333. The lowest BCUT2D eigenvalue weighted by atomic mass is 9.77. The summed E-state index contributed by atoms with van der Waals surface area (Å²) < 4.78 is 12.2. The fourth-order valence-electron chi connectivity index (χ4n) is 3.84. The molecule has 0 aliphatic rings. The quantitative estimate of drug-likeness (QED) is 0.508. The lowest BCUT2D eigenvalue weighted by Crippen LogP contribution is -2.48. The molecule has 0 heterocycles. The van der Waals surface area contributed by atoms with Gasteiger partial charge < -0.3 is 20.3 Å². The monoisotopic (exact) mass is 419 g/mol. The molecular weight excluding hydrogens is 386 g/mol. The molecule has 3 N–H and O–H groups in total. The second-order valence-electron chi connectivity index (χ2n) is 8.39. The number of rotatable bonds is 9. The van der Waals surface area contributed by atoms with Crippen LogP contribution >= 0.6 is 0 Å². The molecule has 1 unspecified atom stereocenters. The first-order valence-corrected chi connectivity index (χ1v) is 10.9. The molecule has 31 heavy (non-hydrogen) atoms. The van der Waals surface area contributed by atoms with Crippen molar-refractivity contribution >= 4 is 0 Å². The summed E-state index contributed by atoms with van der Waals surface area (Å²) in [6.07, 6.45) is 0.402. The summed E-state index contributed by atoms with van der Waals surface area (Å²) in [5.74, 6) is 1.23. The first-order valence-electron chi connectivity index (χ1n) is 10.9. The minimum Gasteiger partial charge on any atom is -0.491 e. The van der Waals surface area contributed by atoms with Crippen molar-refractivity contribution in [3.05, 3.63) is 95.6 Å². The van der Waals surface area contributed by atoms with Crippen LogP contribution in [-0.4, -0.2) is 23.4 Å². The zero-order valence-corrected chi connectivity index (χ0v) is 18.8. The molecule has 0 amide bonds. The maximum atomic E-state index is 12.4. The van der Waals surface area contributed by atoms with E-state index in [0.717, 1.165) is 5.56 Å². The van der Waals surface area contributed by atoms with Crippen LogP contribution in [0.1, 0.15) is 44.4 Å². The van der Waals surface area contributed by atoms with Crippen molar-refractivity contribution in [3.8, 4) is 11.5 Å². The maximum absolute atomic E-state index is 12.4. The maximum Gasteiger partial charge on any atom is 0.137 e. The van der Waals surface area contributed by atoms with Gasteiger partial charge in [-0.1, -0.05) is 66.7 Å². The van der Waals surface area contributed by atoms with Crippen LogP contribution in [0.25, 0.3) is 0 Å². The SMILES string of the molecule is CC(C)Oc1ccccc1C(O)(c1ccccc1OC(C)C)C(N)Cc1ccccc1. The number of ether oxygens (including phenoxy) is 2. The van der Waals surface area contributed by atoms with E-state index in [1.807, 2.05) is 107 Å². The molecule has 0 bridgehead atoms. The summed E-state index contributed by atoms with van der Waals surface area (Å²) >= 11 is 0. The van der Waals surface area contributed by atoms with E-state index >= 15 is 0 Å². The standard InChI is InChI=1S/C27H33NO3/c1-19(2)30-24-16-10-8-14-22(24)27(29,26(28)18-21-12-6-5-7-13-21)23-15-9-11-17-25(23)31-20(3)4/h5-17,19-20,26,29H,18,28H2,1-4H3. The summed E-state index contributed by atoms with van der Waals surface area (Å²) in [4.78, 5) is 0. The third-order valence-electron chi connectivity index (χ3n) is 5.16. The second-order valence-corrected chi connectivity index (χ2v) is 8.39. The Labute approximate surface area is 185 Å². The largest absolute Gasteiger partial charge is 0.491 e. The van der Waals surface area contributed by atoms with Crippen LogP contribution < -0.4 is 15.2 Å². The Kier molecular flexibility index (Phi) is 7.37. The highest BCUT2D eigenvalue weighted by Gasteiger charge is 2.42. The van der Waals surface area contributed by atoms with Crippen molar-refractivity contribution < 1.29 is 14.6 Å². The minimum atomic E-state index is -1.52. The zero-order valence-electron chi connectivity index (χ0n) is 18.8. The molecule has 0 aromatic heterocycles. The molecule has 0 spiro atoms. The summed E-state index contributed by atoms with van der Waals surface area (Å²) in [7, 11) is 0. The molecular formula is C27H33NO3. The minimum absolute atomic E-state index is 0.0436. The molecule has 3 rings (SSSR count). The Balaban J connectivity index is 2.18. The smallest absolute Gasteiger partial charge is 0.137 e. The Morgan fingerprint density at radius 1 is 0.710 bits per heavy atom.